The lowest BCUT2D eigenvalue weighted by Gasteiger charge is -2.27. The van der Waals surface area contributed by atoms with Gasteiger partial charge in [-0.2, -0.15) is 17.5 Å². The molecule has 1 saturated heterocycles. The molecule has 0 spiro atoms. The summed E-state index contributed by atoms with van der Waals surface area (Å²) in [6.07, 6.45) is -4.48. The van der Waals surface area contributed by atoms with Crippen LogP contribution in [-0.2, 0) is 27.5 Å². The Labute approximate surface area is 184 Å². The Morgan fingerprint density at radius 3 is 2.50 bits per heavy atom. The molecule has 1 fully saturated rings. The number of nitrogens with zero attached hydrogens (tertiary/aromatic N) is 1. The molecular formula is C21H24F3N3O4S. The highest BCUT2D eigenvalue weighted by molar-refractivity contribution is 7.89. The minimum atomic E-state index is -4.48. The van der Waals surface area contributed by atoms with Gasteiger partial charge in [0.15, 0.2) is 0 Å². The molecule has 1 aliphatic rings. The van der Waals surface area contributed by atoms with Gasteiger partial charge in [-0.15, -0.1) is 0 Å². The first-order valence-electron chi connectivity index (χ1n) is 9.96. The van der Waals surface area contributed by atoms with Gasteiger partial charge in [0, 0.05) is 19.6 Å². The number of benzene rings is 2. The summed E-state index contributed by atoms with van der Waals surface area (Å²) in [5, 5.41) is 5.15. The van der Waals surface area contributed by atoms with Crippen molar-refractivity contribution < 1.29 is 31.1 Å². The fraction of sp³-hybridized carbons (Fsp3) is 0.381. The Hall–Kier alpha value is -2.63. The Kier molecular flexibility index (Phi) is 7.42. The minimum Gasteiger partial charge on any atom is -0.379 e. The van der Waals surface area contributed by atoms with Crippen LogP contribution in [0.4, 0.5) is 18.0 Å². The van der Waals surface area contributed by atoms with E-state index in [1.54, 1.807) is 25.1 Å². The number of sulfonamides is 1. The van der Waals surface area contributed by atoms with Crippen LogP contribution in [0.1, 0.15) is 29.7 Å². The van der Waals surface area contributed by atoms with Crippen molar-refractivity contribution in [1.29, 1.82) is 0 Å². The number of ether oxygens (including phenoxy) is 1. The van der Waals surface area contributed by atoms with E-state index >= 15 is 0 Å². The molecule has 0 aromatic heterocycles. The highest BCUT2D eigenvalue weighted by Crippen LogP contribution is 2.30. The van der Waals surface area contributed by atoms with Crippen LogP contribution in [0.15, 0.2) is 53.4 Å². The van der Waals surface area contributed by atoms with Gasteiger partial charge in [-0.3, -0.25) is 0 Å². The molecule has 0 aliphatic carbocycles. The maximum atomic E-state index is 13.0. The lowest BCUT2D eigenvalue weighted by atomic mass is 10.1. The first-order valence-corrected chi connectivity index (χ1v) is 11.4. The van der Waals surface area contributed by atoms with E-state index in [0.717, 1.165) is 12.1 Å². The van der Waals surface area contributed by atoms with E-state index in [4.69, 9.17) is 4.74 Å². The number of hydrogen-bond acceptors (Lipinski definition) is 4. The third kappa shape index (κ3) is 5.78. The van der Waals surface area contributed by atoms with Crippen LogP contribution >= 0.6 is 0 Å². The Morgan fingerprint density at radius 1 is 1.12 bits per heavy atom. The first-order chi connectivity index (χ1) is 15.1. The Bertz CT molecular complexity index is 1050. The number of hydrogen-bond donors (Lipinski definition) is 2. The monoisotopic (exact) mass is 471 g/mol. The highest BCUT2D eigenvalue weighted by atomic mass is 32.2. The largest absolute Gasteiger partial charge is 0.416 e. The number of amides is 2. The minimum absolute atomic E-state index is 0.0686. The van der Waals surface area contributed by atoms with Crippen molar-refractivity contribution in [3.05, 3.63) is 65.2 Å². The van der Waals surface area contributed by atoms with E-state index in [2.05, 4.69) is 10.6 Å². The predicted molar refractivity (Wildman–Crippen MR) is 111 cm³/mol. The van der Waals surface area contributed by atoms with Crippen molar-refractivity contribution in [1.82, 2.24) is 14.9 Å². The summed E-state index contributed by atoms with van der Waals surface area (Å²) in [6.45, 7) is 2.62. The second-order valence-corrected chi connectivity index (χ2v) is 9.20. The van der Waals surface area contributed by atoms with Crippen molar-refractivity contribution in [2.75, 3.05) is 26.3 Å². The third-order valence-electron chi connectivity index (χ3n) is 5.06. The van der Waals surface area contributed by atoms with Gasteiger partial charge in [0.05, 0.1) is 29.7 Å². The van der Waals surface area contributed by atoms with Gasteiger partial charge in [0.2, 0.25) is 10.0 Å². The summed E-state index contributed by atoms with van der Waals surface area (Å²) in [5.41, 5.74) is -0.0996. The molecule has 0 saturated carbocycles. The second-order valence-electron chi connectivity index (χ2n) is 7.30. The molecule has 1 heterocycles. The molecule has 1 unspecified atom stereocenters. The molecule has 3 rings (SSSR count). The number of rotatable bonds is 6. The number of morpholine rings is 1. The van der Waals surface area contributed by atoms with Crippen LogP contribution in [0.25, 0.3) is 0 Å². The number of carbonyl (C=O) groups is 1. The van der Waals surface area contributed by atoms with E-state index in [1.807, 2.05) is 0 Å². The SMILES string of the molecule is CC(NC(=O)NCc1ccccc1S(=O)(=O)N1CCOCC1)c1cccc(C(F)(F)F)c1. The fourth-order valence-corrected chi connectivity index (χ4v) is 4.95. The van der Waals surface area contributed by atoms with Crippen LogP contribution in [0.5, 0.6) is 0 Å². The van der Waals surface area contributed by atoms with Gasteiger partial charge in [0.1, 0.15) is 0 Å². The first kappa shape index (κ1) is 24.0. The molecule has 2 N–H and O–H groups in total. The fourth-order valence-electron chi connectivity index (χ4n) is 3.32. The van der Waals surface area contributed by atoms with Gasteiger partial charge in [-0.1, -0.05) is 30.3 Å². The quantitative estimate of drug-likeness (QED) is 0.677. The summed E-state index contributed by atoms with van der Waals surface area (Å²) >= 11 is 0. The third-order valence-corrected chi connectivity index (χ3v) is 7.06. The molecule has 7 nitrogen and oxygen atoms in total. The molecular weight excluding hydrogens is 447 g/mol. The van der Waals surface area contributed by atoms with Crippen LogP contribution in [-0.4, -0.2) is 45.1 Å². The van der Waals surface area contributed by atoms with E-state index in [0.29, 0.717) is 24.3 Å². The lowest BCUT2D eigenvalue weighted by Crippen LogP contribution is -2.41. The zero-order chi connectivity index (χ0) is 23.4. The van der Waals surface area contributed by atoms with Gasteiger partial charge in [-0.25, -0.2) is 13.2 Å². The molecule has 2 amide bonds. The Balaban J connectivity index is 1.66. The Morgan fingerprint density at radius 2 is 1.81 bits per heavy atom. The molecule has 1 aliphatic heterocycles. The zero-order valence-electron chi connectivity index (χ0n) is 17.4. The standard InChI is InChI=1S/C21H24F3N3O4S/c1-15(16-6-4-7-18(13-16)21(22,23)24)26-20(28)25-14-17-5-2-3-8-19(17)32(29,30)27-9-11-31-12-10-27/h2-8,13,15H,9-12,14H2,1H3,(H2,25,26,28). The number of urea groups is 1. The number of nitrogens with one attached hydrogen (secondary N) is 2. The normalized spacial score (nSPS) is 16.4. The molecule has 0 bridgehead atoms. The topological polar surface area (TPSA) is 87.7 Å². The van der Waals surface area contributed by atoms with Crippen molar-refractivity contribution in [2.24, 2.45) is 0 Å². The molecule has 0 radical (unpaired) electrons. The summed E-state index contributed by atoms with van der Waals surface area (Å²) in [5.74, 6) is 0. The molecule has 2 aromatic rings. The smallest absolute Gasteiger partial charge is 0.379 e. The predicted octanol–water partition coefficient (Wildman–Crippen LogP) is 3.29. The second kappa shape index (κ2) is 9.88. The van der Waals surface area contributed by atoms with E-state index in [-0.39, 0.29) is 24.5 Å². The summed E-state index contributed by atoms with van der Waals surface area (Å²) in [6, 6.07) is 9.74. The van der Waals surface area contributed by atoms with E-state index in [9.17, 15) is 26.4 Å². The molecule has 32 heavy (non-hydrogen) atoms. The number of carbonyl (C=O) groups excluding carboxylic acids is 1. The van der Waals surface area contributed by atoms with Gasteiger partial charge in [-0.05, 0) is 36.2 Å². The van der Waals surface area contributed by atoms with Crippen LogP contribution < -0.4 is 10.6 Å². The average Bonchev–Trinajstić information content (AvgIpc) is 2.78. The van der Waals surface area contributed by atoms with Crippen LogP contribution in [0.3, 0.4) is 0 Å². The number of halogens is 3. The van der Waals surface area contributed by atoms with Crippen LogP contribution in [0, 0.1) is 0 Å². The summed E-state index contributed by atoms with van der Waals surface area (Å²) < 4.78 is 71.2. The lowest BCUT2D eigenvalue weighted by molar-refractivity contribution is -0.137. The number of alkyl halides is 3. The van der Waals surface area contributed by atoms with Crippen molar-refractivity contribution in [3.63, 3.8) is 0 Å². The van der Waals surface area contributed by atoms with Gasteiger partial charge >= 0.3 is 12.2 Å². The molecule has 2 aromatic carbocycles. The average molecular weight is 472 g/mol. The zero-order valence-corrected chi connectivity index (χ0v) is 18.2. The highest BCUT2D eigenvalue weighted by Gasteiger charge is 2.31. The maximum Gasteiger partial charge on any atom is 0.416 e. The maximum absolute atomic E-state index is 13.0. The molecule has 1 atom stereocenters. The van der Waals surface area contributed by atoms with Crippen LogP contribution in [0.2, 0.25) is 0 Å². The van der Waals surface area contributed by atoms with Gasteiger partial charge < -0.3 is 15.4 Å². The van der Waals surface area contributed by atoms with Crippen molar-refractivity contribution in [3.8, 4) is 0 Å². The molecule has 11 heteroatoms. The molecule has 174 valence electrons. The van der Waals surface area contributed by atoms with Gasteiger partial charge in [0.25, 0.3) is 0 Å². The van der Waals surface area contributed by atoms with E-state index in [1.165, 1.54) is 22.5 Å². The van der Waals surface area contributed by atoms with Crippen molar-refractivity contribution >= 4 is 16.1 Å². The van der Waals surface area contributed by atoms with E-state index < -0.39 is 33.8 Å². The summed E-state index contributed by atoms with van der Waals surface area (Å²) in [4.78, 5) is 12.4. The van der Waals surface area contributed by atoms with Crippen molar-refractivity contribution in [2.45, 2.75) is 30.6 Å². The summed E-state index contributed by atoms with van der Waals surface area (Å²) in [7, 11) is -3.75.